The Balaban J connectivity index is -0.000000733. The van der Waals surface area contributed by atoms with Crippen LogP contribution in [0.2, 0.25) is 0 Å². The van der Waals surface area contributed by atoms with Crippen molar-refractivity contribution in [3.63, 3.8) is 0 Å². The van der Waals surface area contributed by atoms with E-state index in [2.05, 4.69) is 0 Å². The number of carbonyl (C=O) groups is 6. The van der Waals surface area contributed by atoms with Crippen molar-refractivity contribution in [2.24, 2.45) is 0 Å². The van der Waals surface area contributed by atoms with Crippen molar-refractivity contribution in [3.8, 4) is 0 Å². The van der Waals surface area contributed by atoms with Crippen LogP contribution in [0.3, 0.4) is 0 Å². The standard InChI is InChI=1S/C15H25NO6.C13H21NO6.C2H6O.K.H2O/c1-6-20-12(17)10-8-9-11(13(18)21-7-2)16(10)14(19)22-15(3,4)5;1-5-19-11(17)9-7-6-8(10(15)16)14(9)12(18)20-13(2,3)4;1-2-3;;/h10-11H,6-9H2,1-5H3;8-9H,5-7H2,1-4H3,(H,15,16);3H,2H2,1H3;;1H2/q;;;+1;/p-1/t10-,11+;8-,9+;;;/m.1.../s1. The molecule has 2 heterocycles. The summed E-state index contributed by atoms with van der Waals surface area (Å²) in [4.78, 5) is 73.7. The van der Waals surface area contributed by atoms with E-state index in [4.69, 9.17) is 33.9 Å². The zero-order valence-corrected chi connectivity index (χ0v) is 32.8. The van der Waals surface area contributed by atoms with Gasteiger partial charge in [-0.3, -0.25) is 9.80 Å². The Labute approximate surface area is 319 Å². The average molecular weight is 705 g/mol. The van der Waals surface area contributed by atoms with E-state index in [1.165, 1.54) is 0 Å². The zero-order chi connectivity index (χ0) is 35.1. The number of carboxylic acid groups (broad SMARTS) is 1. The number of ether oxygens (including phenoxy) is 5. The van der Waals surface area contributed by atoms with Crippen molar-refractivity contribution < 1.29 is 120 Å². The Morgan fingerprint density at radius 2 is 0.830 bits per heavy atom. The predicted molar refractivity (Wildman–Crippen MR) is 162 cm³/mol. The van der Waals surface area contributed by atoms with E-state index in [9.17, 15) is 28.8 Å². The molecule has 0 aromatic carbocycles. The van der Waals surface area contributed by atoms with Gasteiger partial charge in [0.25, 0.3) is 0 Å². The first-order chi connectivity index (χ1) is 20.8. The Hall–Kier alpha value is -2.02. The van der Waals surface area contributed by atoms with E-state index in [0.29, 0.717) is 12.8 Å². The third-order valence-corrected chi connectivity index (χ3v) is 5.94. The molecule has 2 aliphatic heterocycles. The second-order valence-electron chi connectivity index (χ2n) is 11.9. The van der Waals surface area contributed by atoms with Crippen LogP contribution in [0.4, 0.5) is 9.59 Å². The third-order valence-electron chi connectivity index (χ3n) is 5.94. The molecule has 0 saturated carbocycles. The molecule has 0 spiro atoms. The molecule has 3 N–H and O–H groups in total. The number of aliphatic hydroxyl groups excluding tert-OH is 1. The molecule has 4 atom stereocenters. The molecule has 2 amide bonds. The summed E-state index contributed by atoms with van der Waals surface area (Å²) in [5.41, 5.74) is -1.49. The first kappa shape index (κ1) is 49.4. The molecule has 268 valence electrons. The van der Waals surface area contributed by atoms with E-state index >= 15 is 0 Å². The molecule has 0 aromatic rings. The van der Waals surface area contributed by atoms with Crippen LogP contribution in [0, 0.1) is 0 Å². The summed E-state index contributed by atoms with van der Waals surface area (Å²) >= 11 is 0. The fraction of sp³-hybridized carbons (Fsp3) is 0.800. The number of likely N-dealkylation sites (tertiary alicyclic amines) is 2. The molecular weight excluding hydrogens is 651 g/mol. The van der Waals surface area contributed by atoms with Crippen LogP contribution in [0.25, 0.3) is 0 Å². The molecule has 2 saturated heterocycles. The van der Waals surface area contributed by atoms with Crippen molar-refractivity contribution >= 4 is 36.1 Å². The van der Waals surface area contributed by atoms with Gasteiger partial charge in [-0.2, -0.15) is 0 Å². The van der Waals surface area contributed by atoms with Gasteiger partial charge in [-0.25, -0.2) is 28.8 Å². The smallest absolute Gasteiger partial charge is 0.870 e. The summed E-state index contributed by atoms with van der Waals surface area (Å²) in [6.45, 7) is 17.8. The van der Waals surface area contributed by atoms with Crippen LogP contribution in [-0.2, 0) is 42.9 Å². The Kier molecular flexibility index (Phi) is 24.5. The number of aliphatic carboxylic acids is 1. The summed E-state index contributed by atoms with van der Waals surface area (Å²) in [6, 6.07) is -3.58. The first-order valence-electron chi connectivity index (χ1n) is 15.2. The first-order valence-corrected chi connectivity index (χ1v) is 15.2. The van der Waals surface area contributed by atoms with E-state index in [1.807, 2.05) is 0 Å². The van der Waals surface area contributed by atoms with E-state index in [0.717, 1.165) is 9.80 Å². The van der Waals surface area contributed by atoms with Gasteiger partial charge in [0.2, 0.25) is 0 Å². The number of rotatable bonds is 7. The molecule has 2 aliphatic rings. The van der Waals surface area contributed by atoms with Crippen molar-refractivity contribution in [2.75, 3.05) is 26.4 Å². The van der Waals surface area contributed by atoms with E-state index < -0.39 is 71.4 Å². The fourth-order valence-electron chi connectivity index (χ4n) is 4.41. The van der Waals surface area contributed by atoms with Crippen LogP contribution in [0.5, 0.6) is 0 Å². The number of amides is 2. The second kappa shape index (κ2) is 23.4. The van der Waals surface area contributed by atoms with Gasteiger partial charge in [-0.05, 0) is 94.9 Å². The van der Waals surface area contributed by atoms with Gasteiger partial charge >= 0.3 is 87.4 Å². The van der Waals surface area contributed by atoms with Crippen molar-refractivity contribution in [3.05, 3.63) is 0 Å². The number of carbonyl (C=O) groups excluding carboxylic acids is 5. The maximum absolute atomic E-state index is 12.4. The maximum atomic E-state index is 12.4. The molecular formula is C30H53KN2O14. The Bertz CT molecular complexity index is 986. The number of hydrogen-bond acceptors (Lipinski definition) is 13. The minimum absolute atomic E-state index is 0. The minimum Gasteiger partial charge on any atom is -0.870 e. The second-order valence-corrected chi connectivity index (χ2v) is 11.9. The molecule has 47 heavy (non-hydrogen) atoms. The fourth-order valence-corrected chi connectivity index (χ4v) is 4.41. The van der Waals surface area contributed by atoms with Gasteiger partial charge in [-0.1, -0.05) is 0 Å². The quantitative estimate of drug-likeness (QED) is 0.204. The molecule has 0 aromatic heterocycles. The molecule has 16 nitrogen and oxygen atoms in total. The van der Waals surface area contributed by atoms with Gasteiger partial charge in [0.05, 0.1) is 19.8 Å². The Morgan fingerprint density at radius 1 is 0.596 bits per heavy atom. The van der Waals surface area contributed by atoms with Crippen LogP contribution in [0.15, 0.2) is 0 Å². The molecule has 0 bridgehead atoms. The summed E-state index contributed by atoms with van der Waals surface area (Å²) in [6.07, 6.45) is -0.350. The van der Waals surface area contributed by atoms with Crippen LogP contribution in [-0.4, -0.2) is 123 Å². The summed E-state index contributed by atoms with van der Waals surface area (Å²) < 4.78 is 25.3. The monoisotopic (exact) mass is 704 g/mol. The summed E-state index contributed by atoms with van der Waals surface area (Å²) in [5.74, 6) is -2.80. The van der Waals surface area contributed by atoms with Gasteiger partial charge in [0.1, 0.15) is 35.4 Å². The Morgan fingerprint density at radius 3 is 1.04 bits per heavy atom. The van der Waals surface area contributed by atoms with Crippen molar-refractivity contribution in [1.29, 1.82) is 0 Å². The predicted octanol–water partition coefficient (Wildman–Crippen LogP) is 0.109. The third kappa shape index (κ3) is 17.3. The number of hydrogen-bond donors (Lipinski definition) is 2. The maximum Gasteiger partial charge on any atom is 1.00 e. The average Bonchev–Trinajstić information content (AvgIpc) is 3.54. The minimum atomic E-state index is -1.15. The number of esters is 3. The van der Waals surface area contributed by atoms with Crippen LogP contribution >= 0.6 is 0 Å². The van der Waals surface area contributed by atoms with Crippen molar-refractivity contribution in [1.82, 2.24) is 9.80 Å². The topological polar surface area (TPSA) is 226 Å². The molecule has 0 unspecified atom stereocenters. The number of nitrogens with zero attached hydrogens (tertiary/aromatic N) is 2. The van der Waals surface area contributed by atoms with Crippen LogP contribution in [0.1, 0.15) is 94.9 Å². The van der Waals surface area contributed by atoms with Crippen LogP contribution < -0.4 is 51.4 Å². The van der Waals surface area contributed by atoms with Gasteiger partial charge in [-0.15, -0.1) is 0 Å². The van der Waals surface area contributed by atoms with Gasteiger partial charge in [0.15, 0.2) is 0 Å². The number of aliphatic hydroxyl groups is 1. The zero-order valence-electron chi connectivity index (χ0n) is 29.7. The van der Waals surface area contributed by atoms with Gasteiger partial charge in [0, 0.05) is 6.61 Å². The van der Waals surface area contributed by atoms with E-state index in [-0.39, 0.29) is 96.1 Å². The van der Waals surface area contributed by atoms with E-state index in [1.54, 1.807) is 69.2 Å². The van der Waals surface area contributed by atoms with Gasteiger partial charge < -0.3 is 39.4 Å². The normalized spacial score (nSPS) is 20.0. The molecule has 2 rings (SSSR count). The number of carboxylic acids is 1. The summed E-state index contributed by atoms with van der Waals surface area (Å²) in [7, 11) is 0. The largest absolute Gasteiger partial charge is 1.00 e. The molecule has 17 heteroatoms. The summed E-state index contributed by atoms with van der Waals surface area (Å²) in [5, 5.41) is 16.7. The van der Waals surface area contributed by atoms with Crippen molar-refractivity contribution in [2.45, 2.75) is 130 Å². The molecule has 0 radical (unpaired) electrons. The molecule has 0 aliphatic carbocycles. The molecule has 2 fully saturated rings. The SMILES string of the molecule is CCO.CCOC(=O)[C@@H]1CC[C@H](C(=O)O)N1C(=O)OC(C)(C)C.CCOC(=O)[C@H]1CC[C@@H](C(=O)OCC)N1C(=O)OC(C)(C)C.[K+].[OH-].